The third-order valence-electron chi connectivity index (χ3n) is 2.60. The Labute approximate surface area is 94.0 Å². The summed E-state index contributed by atoms with van der Waals surface area (Å²) >= 11 is 1.53. The number of rotatable bonds is 1. The molecule has 1 aromatic heterocycles. The van der Waals surface area contributed by atoms with Gasteiger partial charge >= 0.3 is 0 Å². The van der Waals surface area contributed by atoms with Crippen LogP contribution in [0.4, 0.5) is 0 Å². The average molecular weight is 221 g/mol. The zero-order chi connectivity index (χ0) is 10.8. The van der Waals surface area contributed by atoms with Crippen molar-refractivity contribution in [3.05, 3.63) is 27.9 Å². The highest BCUT2D eigenvalue weighted by Gasteiger charge is 2.23. The maximum absolute atomic E-state index is 8.11. The first-order valence-electron chi connectivity index (χ1n) is 5.12. The van der Waals surface area contributed by atoms with Crippen LogP contribution in [-0.4, -0.2) is 22.3 Å². The number of nitrogens with zero attached hydrogens (tertiary/aromatic N) is 2. The van der Waals surface area contributed by atoms with E-state index in [4.69, 9.17) is 5.41 Å². The lowest BCUT2D eigenvalue weighted by Gasteiger charge is -2.20. The molecule has 1 saturated heterocycles. The van der Waals surface area contributed by atoms with E-state index in [0.29, 0.717) is 5.84 Å². The molecule has 0 radical (unpaired) electrons. The van der Waals surface area contributed by atoms with E-state index in [-0.39, 0.29) is 0 Å². The van der Waals surface area contributed by atoms with E-state index in [1.807, 2.05) is 5.38 Å². The second-order valence-electron chi connectivity index (χ2n) is 3.89. The standard InChI is InChI=1S/C11H15N3S/c1-8(2)9-4-3-6-14(9)10(12)11-13-5-7-15-11/h5,7,12H,3-4,6H2,1-2H3. The molecule has 2 rings (SSSR count). The van der Waals surface area contributed by atoms with E-state index in [1.54, 1.807) is 6.20 Å². The minimum absolute atomic E-state index is 0.554. The molecule has 0 aromatic carbocycles. The first-order chi connectivity index (χ1) is 7.20. The summed E-state index contributed by atoms with van der Waals surface area (Å²) in [4.78, 5) is 6.28. The Morgan fingerprint density at radius 3 is 2.93 bits per heavy atom. The monoisotopic (exact) mass is 221 g/mol. The largest absolute Gasteiger partial charge is 0.328 e. The van der Waals surface area contributed by atoms with Crippen LogP contribution in [0.1, 0.15) is 31.7 Å². The summed E-state index contributed by atoms with van der Waals surface area (Å²) in [5.74, 6) is 0.554. The van der Waals surface area contributed by atoms with Crippen LogP contribution < -0.4 is 0 Å². The van der Waals surface area contributed by atoms with Gasteiger partial charge < -0.3 is 4.90 Å². The third kappa shape index (κ3) is 1.95. The first-order valence-corrected chi connectivity index (χ1v) is 6.00. The van der Waals surface area contributed by atoms with Gasteiger partial charge in [-0.05, 0) is 26.7 Å². The van der Waals surface area contributed by atoms with Gasteiger partial charge in [-0.2, -0.15) is 0 Å². The van der Waals surface area contributed by atoms with Crippen molar-refractivity contribution in [1.29, 1.82) is 5.41 Å². The Kier molecular flexibility index (Phi) is 2.86. The highest BCUT2D eigenvalue weighted by atomic mass is 32.1. The summed E-state index contributed by atoms with van der Waals surface area (Å²) < 4.78 is 0. The highest BCUT2D eigenvalue weighted by Crippen LogP contribution is 2.26. The van der Waals surface area contributed by atoms with Gasteiger partial charge in [0.15, 0.2) is 10.8 Å². The summed E-state index contributed by atoms with van der Waals surface area (Å²) in [6, 6.07) is 0. The summed E-state index contributed by atoms with van der Waals surface area (Å²) in [5.41, 5.74) is 2.61. The van der Waals surface area contributed by atoms with E-state index >= 15 is 0 Å². The van der Waals surface area contributed by atoms with Gasteiger partial charge in [0, 0.05) is 23.8 Å². The molecule has 1 N–H and O–H groups in total. The molecule has 3 nitrogen and oxygen atoms in total. The van der Waals surface area contributed by atoms with E-state index in [2.05, 4.69) is 23.7 Å². The van der Waals surface area contributed by atoms with E-state index in [9.17, 15) is 0 Å². The molecule has 0 saturated carbocycles. The maximum Gasteiger partial charge on any atom is 0.161 e. The topological polar surface area (TPSA) is 40.0 Å². The van der Waals surface area contributed by atoms with Crippen molar-refractivity contribution in [3.8, 4) is 0 Å². The van der Waals surface area contributed by atoms with Crippen LogP contribution in [0, 0.1) is 5.41 Å². The molecule has 2 heterocycles. The maximum atomic E-state index is 8.11. The van der Waals surface area contributed by atoms with Crippen LogP contribution in [0.15, 0.2) is 22.8 Å². The van der Waals surface area contributed by atoms with Gasteiger partial charge in [0.1, 0.15) is 0 Å². The summed E-state index contributed by atoms with van der Waals surface area (Å²) in [7, 11) is 0. The molecule has 1 fully saturated rings. The predicted molar refractivity (Wildman–Crippen MR) is 63.3 cm³/mol. The fraction of sp³-hybridized carbons (Fsp3) is 0.455. The minimum atomic E-state index is 0.554. The molecular weight excluding hydrogens is 206 g/mol. The molecule has 0 unspecified atom stereocenters. The van der Waals surface area contributed by atoms with Crippen LogP contribution in [-0.2, 0) is 0 Å². The zero-order valence-electron chi connectivity index (χ0n) is 9.08. The Morgan fingerprint density at radius 1 is 1.53 bits per heavy atom. The molecule has 1 aliphatic rings. The van der Waals surface area contributed by atoms with Gasteiger partial charge in [-0.25, -0.2) is 4.98 Å². The molecule has 0 aliphatic carbocycles. The average Bonchev–Trinajstić information content (AvgIpc) is 2.88. The summed E-state index contributed by atoms with van der Waals surface area (Å²) in [6.45, 7) is 5.19. The van der Waals surface area contributed by atoms with Gasteiger partial charge in [0.05, 0.1) is 0 Å². The van der Waals surface area contributed by atoms with Gasteiger partial charge in [-0.15, -0.1) is 11.3 Å². The van der Waals surface area contributed by atoms with Crippen LogP contribution in [0.2, 0.25) is 0 Å². The van der Waals surface area contributed by atoms with Crippen molar-refractivity contribution in [2.24, 2.45) is 0 Å². The lowest BCUT2D eigenvalue weighted by atomic mass is 10.2. The Hall–Kier alpha value is -1.16. The number of thiazole rings is 1. The van der Waals surface area contributed by atoms with Crippen molar-refractivity contribution >= 4 is 17.2 Å². The Bertz CT molecular complexity index is 388. The van der Waals surface area contributed by atoms with Crippen LogP contribution >= 0.6 is 11.3 Å². The summed E-state index contributed by atoms with van der Waals surface area (Å²) in [6.07, 6.45) is 4.00. The number of hydrogen-bond donors (Lipinski definition) is 1. The molecule has 0 bridgehead atoms. The van der Waals surface area contributed by atoms with Gasteiger partial charge in [0.25, 0.3) is 0 Å². The molecule has 1 aromatic rings. The normalized spacial score (nSPS) is 15.9. The van der Waals surface area contributed by atoms with Crippen LogP contribution in [0.3, 0.4) is 0 Å². The first kappa shape index (κ1) is 10.4. The minimum Gasteiger partial charge on any atom is -0.328 e. The molecule has 0 atom stereocenters. The van der Waals surface area contributed by atoms with Crippen molar-refractivity contribution < 1.29 is 0 Å². The van der Waals surface area contributed by atoms with Crippen molar-refractivity contribution in [2.75, 3.05) is 6.54 Å². The molecule has 0 amide bonds. The second kappa shape index (κ2) is 4.14. The van der Waals surface area contributed by atoms with Gasteiger partial charge in [-0.3, -0.25) is 5.41 Å². The SMILES string of the molecule is CC(C)=C1CCCN1C(=N)c1nccs1. The number of likely N-dealkylation sites (tertiary alicyclic amines) is 1. The van der Waals surface area contributed by atoms with Crippen molar-refractivity contribution in [1.82, 2.24) is 9.88 Å². The third-order valence-corrected chi connectivity index (χ3v) is 3.38. The number of aromatic nitrogens is 1. The summed E-state index contributed by atoms with van der Waals surface area (Å²) in [5, 5.41) is 10.8. The molecule has 0 spiro atoms. The number of amidine groups is 1. The second-order valence-corrected chi connectivity index (χ2v) is 4.78. The molecule has 15 heavy (non-hydrogen) atoms. The zero-order valence-corrected chi connectivity index (χ0v) is 9.90. The lowest BCUT2D eigenvalue weighted by molar-refractivity contribution is 0.578. The highest BCUT2D eigenvalue weighted by molar-refractivity contribution is 7.11. The molecule has 4 heteroatoms. The molecule has 80 valence electrons. The smallest absolute Gasteiger partial charge is 0.161 e. The molecular formula is C11H15N3S. The Balaban J connectivity index is 2.25. The van der Waals surface area contributed by atoms with Gasteiger partial charge in [-0.1, -0.05) is 5.57 Å². The predicted octanol–water partition coefficient (Wildman–Crippen LogP) is 2.86. The molecule has 1 aliphatic heterocycles. The fourth-order valence-corrected chi connectivity index (χ4v) is 2.49. The van der Waals surface area contributed by atoms with Crippen molar-refractivity contribution in [2.45, 2.75) is 26.7 Å². The quantitative estimate of drug-likeness (QED) is 0.585. The van der Waals surface area contributed by atoms with Crippen molar-refractivity contribution in [3.63, 3.8) is 0 Å². The van der Waals surface area contributed by atoms with E-state index in [1.165, 1.54) is 22.6 Å². The number of allylic oxidation sites excluding steroid dienone is 2. The Morgan fingerprint density at radius 2 is 2.33 bits per heavy atom. The van der Waals surface area contributed by atoms with Crippen LogP contribution in [0.25, 0.3) is 0 Å². The van der Waals surface area contributed by atoms with E-state index < -0.39 is 0 Å². The number of hydrogen-bond acceptors (Lipinski definition) is 3. The lowest BCUT2D eigenvalue weighted by Crippen LogP contribution is -2.26. The van der Waals surface area contributed by atoms with Gasteiger partial charge in [0.2, 0.25) is 0 Å². The van der Waals surface area contributed by atoms with E-state index in [0.717, 1.165) is 24.4 Å². The van der Waals surface area contributed by atoms with Crippen LogP contribution in [0.5, 0.6) is 0 Å². The number of nitrogens with one attached hydrogen (secondary N) is 1. The fourth-order valence-electron chi connectivity index (χ4n) is 1.90.